The lowest BCUT2D eigenvalue weighted by molar-refractivity contribution is 0.954. The van der Waals surface area contributed by atoms with Crippen molar-refractivity contribution in [3.63, 3.8) is 0 Å². The molecule has 2 aromatic rings. The highest BCUT2D eigenvalue weighted by atomic mass is 15.0. The summed E-state index contributed by atoms with van der Waals surface area (Å²) in [5, 5.41) is 11.8. The molecule has 0 saturated carbocycles. The van der Waals surface area contributed by atoms with Crippen molar-refractivity contribution < 1.29 is 0 Å². The number of hydrogen-bond donors (Lipinski definition) is 2. The van der Waals surface area contributed by atoms with Gasteiger partial charge in [-0.25, -0.2) is 4.98 Å². The number of nitrogen functional groups attached to an aromatic ring is 1. The molecular formula is C13H13N5. The molecule has 5 nitrogen and oxygen atoms in total. The van der Waals surface area contributed by atoms with Gasteiger partial charge in [0.2, 0.25) is 0 Å². The third-order valence-electron chi connectivity index (χ3n) is 2.45. The molecule has 18 heavy (non-hydrogen) atoms. The molecule has 0 radical (unpaired) electrons. The molecular weight excluding hydrogens is 226 g/mol. The molecule has 2 rings (SSSR count). The Morgan fingerprint density at radius 3 is 2.89 bits per heavy atom. The molecule has 0 aliphatic carbocycles. The summed E-state index contributed by atoms with van der Waals surface area (Å²) < 4.78 is 0. The van der Waals surface area contributed by atoms with Gasteiger partial charge in [0.15, 0.2) is 0 Å². The van der Waals surface area contributed by atoms with Crippen molar-refractivity contribution in [2.24, 2.45) is 0 Å². The Morgan fingerprint density at radius 2 is 2.22 bits per heavy atom. The summed E-state index contributed by atoms with van der Waals surface area (Å²) in [4.78, 5) is 8.33. The van der Waals surface area contributed by atoms with Gasteiger partial charge in [0.05, 0.1) is 11.3 Å². The third-order valence-corrected chi connectivity index (χ3v) is 2.45. The molecule has 2 aromatic heterocycles. The van der Waals surface area contributed by atoms with Crippen LogP contribution < -0.4 is 11.1 Å². The van der Waals surface area contributed by atoms with E-state index >= 15 is 0 Å². The summed E-state index contributed by atoms with van der Waals surface area (Å²) >= 11 is 0. The average molecular weight is 239 g/mol. The molecule has 0 unspecified atom stereocenters. The summed E-state index contributed by atoms with van der Waals surface area (Å²) in [7, 11) is 0. The molecule has 0 bridgehead atoms. The Labute approximate surface area is 105 Å². The lowest BCUT2D eigenvalue weighted by atomic mass is 10.2. The maximum atomic E-state index is 8.70. The van der Waals surface area contributed by atoms with Gasteiger partial charge in [0.25, 0.3) is 0 Å². The van der Waals surface area contributed by atoms with E-state index in [-0.39, 0.29) is 0 Å². The van der Waals surface area contributed by atoms with E-state index in [2.05, 4.69) is 15.3 Å². The number of rotatable bonds is 4. The van der Waals surface area contributed by atoms with Gasteiger partial charge >= 0.3 is 0 Å². The molecule has 3 N–H and O–H groups in total. The van der Waals surface area contributed by atoms with E-state index in [0.717, 1.165) is 12.1 Å². The number of hydrogen-bond acceptors (Lipinski definition) is 5. The third kappa shape index (κ3) is 2.95. The summed E-state index contributed by atoms with van der Waals surface area (Å²) in [6.07, 6.45) is 4.06. The van der Waals surface area contributed by atoms with Crippen LogP contribution in [-0.4, -0.2) is 16.5 Å². The number of nitrogens with one attached hydrogen (secondary N) is 1. The average Bonchev–Trinajstić information content (AvgIpc) is 2.42. The van der Waals surface area contributed by atoms with Crippen LogP contribution in [0.5, 0.6) is 0 Å². The molecule has 0 fully saturated rings. The Balaban J connectivity index is 1.93. The smallest absolute Gasteiger partial charge is 0.149 e. The van der Waals surface area contributed by atoms with Crippen LogP contribution in [0.4, 0.5) is 11.5 Å². The molecule has 0 spiro atoms. The molecule has 0 aliphatic rings. The number of nitrogens with two attached hydrogens (primary N) is 1. The number of nitriles is 1. The minimum atomic E-state index is 0.461. The molecule has 0 atom stereocenters. The number of aromatic nitrogens is 2. The predicted molar refractivity (Wildman–Crippen MR) is 69.8 cm³/mol. The maximum Gasteiger partial charge on any atom is 0.149 e. The van der Waals surface area contributed by atoms with E-state index in [1.165, 1.54) is 6.20 Å². The van der Waals surface area contributed by atoms with Crippen LogP contribution in [-0.2, 0) is 6.42 Å². The maximum absolute atomic E-state index is 8.70. The number of anilines is 2. The van der Waals surface area contributed by atoms with Gasteiger partial charge in [-0.2, -0.15) is 5.26 Å². The Hall–Kier alpha value is -2.61. The molecule has 0 amide bonds. The van der Waals surface area contributed by atoms with Crippen molar-refractivity contribution in [3.8, 4) is 6.07 Å². The van der Waals surface area contributed by atoms with Gasteiger partial charge in [0.1, 0.15) is 11.9 Å². The van der Waals surface area contributed by atoms with E-state index in [4.69, 9.17) is 11.0 Å². The summed E-state index contributed by atoms with van der Waals surface area (Å²) in [5.41, 5.74) is 7.74. The summed E-state index contributed by atoms with van der Waals surface area (Å²) in [5.74, 6) is 0.602. The highest BCUT2D eigenvalue weighted by Crippen LogP contribution is 2.15. The van der Waals surface area contributed by atoms with E-state index in [0.29, 0.717) is 23.6 Å². The van der Waals surface area contributed by atoms with Crippen molar-refractivity contribution in [1.82, 2.24) is 9.97 Å². The van der Waals surface area contributed by atoms with Crippen molar-refractivity contribution in [1.29, 1.82) is 5.26 Å². The summed E-state index contributed by atoms with van der Waals surface area (Å²) in [6.45, 7) is 0.695. The number of nitrogens with zero attached hydrogens (tertiary/aromatic N) is 3. The lowest BCUT2D eigenvalue weighted by Gasteiger charge is -2.07. The van der Waals surface area contributed by atoms with Crippen LogP contribution in [0.3, 0.4) is 0 Å². The van der Waals surface area contributed by atoms with Crippen LogP contribution in [0, 0.1) is 11.3 Å². The molecule has 5 heteroatoms. The molecule has 0 aromatic carbocycles. The second-order valence-electron chi connectivity index (χ2n) is 3.77. The normalized spacial score (nSPS) is 9.72. The van der Waals surface area contributed by atoms with Crippen LogP contribution in [0.2, 0.25) is 0 Å². The zero-order valence-corrected chi connectivity index (χ0v) is 9.80. The monoisotopic (exact) mass is 239 g/mol. The topological polar surface area (TPSA) is 87.6 Å². The lowest BCUT2D eigenvalue weighted by Crippen LogP contribution is -2.09. The zero-order chi connectivity index (χ0) is 12.8. The van der Waals surface area contributed by atoms with Gasteiger partial charge in [-0.3, -0.25) is 4.98 Å². The highest BCUT2D eigenvalue weighted by molar-refractivity contribution is 5.63. The van der Waals surface area contributed by atoms with Crippen LogP contribution in [0.25, 0.3) is 0 Å². The summed E-state index contributed by atoms with van der Waals surface area (Å²) in [6, 6.07) is 9.41. The van der Waals surface area contributed by atoms with Gasteiger partial charge in [-0.15, -0.1) is 0 Å². The van der Waals surface area contributed by atoms with Crippen LogP contribution in [0.15, 0.2) is 36.7 Å². The molecule has 0 saturated heterocycles. The van der Waals surface area contributed by atoms with E-state index < -0.39 is 0 Å². The Morgan fingerprint density at radius 1 is 1.33 bits per heavy atom. The molecule has 0 aliphatic heterocycles. The zero-order valence-electron chi connectivity index (χ0n) is 9.80. The van der Waals surface area contributed by atoms with Crippen LogP contribution in [0.1, 0.15) is 11.3 Å². The fourth-order valence-electron chi connectivity index (χ4n) is 1.55. The van der Waals surface area contributed by atoms with E-state index in [1.807, 2.05) is 24.3 Å². The fraction of sp³-hybridized carbons (Fsp3) is 0.154. The number of pyridine rings is 2. The van der Waals surface area contributed by atoms with Gasteiger partial charge in [0, 0.05) is 31.1 Å². The predicted octanol–water partition coefficient (Wildman–Crippen LogP) is 1.59. The second kappa shape index (κ2) is 5.64. The fourth-order valence-corrected chi connectivity index (χ4v) is 1.55. The van der Waals surface area contributed by atoms with Crippen molar-refractivity contribution in [2.75, 3.05) is 17.6 Å². The van der Waals surface area contributed by atoms with Crippen molar-refractivity contribution in [3.05, 3.63) is 47.9 Å². The minimum absolute atomic E-state index is 0.461. The molecule has 90 valence electrons. The first-order chi connectivity index (χ1) is 8.79. The Kier molecular flexibility index (Phi) is 3.72. The van der Waals surface area contributed by atoms with E-state index in [1.54, 1.807) is 12.3 Å². The SMILES string of the molecule is N#Cc1cnc(NCCc2ccccn2)c(N)c1. The first kappa shape index (κ1) is 11.9. The Bertz CT molecular complexity index is 559. The molecule has 2 heterocycles. The van der Waals surface area contributed by atoms with Gasteiger partial charge in [-0.1, -0.05) is 6.07 Å². The van der Waals surface area contributed by atoms with Gasteiger partial charge < -0.3 is 11.1 Å². The van der Waals surface area contributed by atoms with E-state index in [9.17, 15) is 0 Å². The highest BCUT2D eigenvalue weighted by Gasteiger charge is 2.02. The minimum Gasteiger partial charge on any atom is -0.396 e. The largest absolute Gasteiger partial charge is 0.396 e. The first-order valence-corrected chi connectivity index (χ1v) is 5.59. The first-order valence-electron chi connectivity index (χ1n) is 5.59. The van der Waals surface area contributed by atoms with Crippen molar-refractivity contribution in [2.45, 2.75) is 6.42 Å². The van der Waals surface area contributed by atoms with Gasteiger partial charge in [-0.05, 0) is 18.2 Å². The second-order valence-corrected chi connectivity index (χ2v) is 3.77. The standard InChI is InChI=1S/C13H13N5/c14-8-10-7-12(15)13(18-9-10)17-6-4-11-3-1-2-5-16-11/h1-3,5,7,9H,4,6,15H2,(H,17,18). The van der Waals surface area contributed by atoms with Crippen LogP contribution >= 0.6 is 0 Å². The quantitative estimate of drug-likeness (QED) is 0.845. The van der Waals surface area contributed by atoms with Crippen molar-refractivity contribution >= 4 is 11.5 Å².